The minimum Gasteiger partial charge on any atom is -0.489 e. The first-order chi connectivity index (χ1) is 13.4. The zero-order chi connectivity index (χ0) is 20.3. The number of aryl methyl sites for hydroxylation is 2. The maximum Gasteiger partial charge on any atom is 0.309 e. The van der Waals surface area contributed by atoms with Crippen molar-refractivity contribution < 1.29 is 23.9 Å². The molecule has 2 heterocycles. The van der Waals surface area contributed by atoms with Crippen molar-refractivity contribution in [1.29, 1.82) is 0 Å². The fourth-order valence-electron chi connectivity index (χ4n) is 3.55. The van der Waals surface area contributed by atoms with Gasteiger partial charge < -0.3 is 19.1 Å². The Morgan fingerprint density at radius 1 is 1.29 bits per heavy atom. The molecular formula is C21H28N2O5. The van der Waals surface area contributed by atoms with Crippen molar-refractivity contribution in [1.82, 2.24) is 10.1 Å². The normalized spacial score (nSPS) is 19.6. The average molecular weight is 388 g/mol. The predicted octanol–water partition coefficient (Wildman–Crippen LogP) is 3.73. The van der Waals surface area contributed by atoms with E-state index < -0.39 is 0 Å². The van der Waals surface area contributed by atoms with Crippen LogP contribution in [-0.2, 0) is 16.1 Å². The van der Waals surface area contributed by atoms with Gasteiger partial charge in [0, 0.05) is 5.56 Å². The number of aliphatic hydroxyl groups excluding tert-OH is 1. The monoisotopic (exact) mass is 388 g/mol. The number of aromatic nitrogens is 2. The maximum atomic E-state index is 12.2. The second-order valence-corrected chi connectivity index (χ2v) is 7.60. The van der Waals surface area contributed by atoms with Gasteiger partial charge in [0.25, 0.3) is 0 Å². The van der Waals surface area contributed by atoms with E-state index in [-0.39, 0.29) is 30.7 Å². The summed E-state index contributed by atoms with van der Waals surface area (Å²) < 4.78 is 16.8. The molecule has 0 spiro atoms. The third-order valence-electron chi connectivity index (χ3n) is 5.02. The molecule has 2 atom stereocenters. The quantitative estimate of drug-likeness (QED) is 0.753. The molecule has 1 N–H and O–H groups in total. The highest BCUT2D eigenvalue weighted by Gasteiger charge is 2.30. The van der Waals surface area contributed by atoms with E-state index in [1.165, 1.54) is 0 Å². The Morgan fingerprint density at radius 2 is 2.07 bits per heavy atom. The summed E-state index contributed by atoms with van der Waals surface area (Å²) in [6, 6.07) is 3.65. The van der Waals surface area contributed by atoms with Gasteiger partial charge in [0.15, 0.2) is 5.76 Å². The van der Waals surface area contributed by atoms with Crippen molar-refractivity contribution >= 4 is 5.97 Å². The molecule has 7 heteroatoms. The van der Waals surface area contributed by atoms with Gasteiger partial charge >= 0.3 is 5.97 Å². The second kappa shape index (κ2) is 8.73. The van der Waals surface area contributed by atoms with Gasteiger partial charge in [-0.25, -0.2) is 4.98 Å². The van der Waals surface area contributed by atoms with Gasteiger partial charge in [0.2, 0.25) is 0 Å². The van der Waals surface area contributed by atoms with E-state index in [4.69, 9.17) is 14.0 Å². The van der Waals surface area contributed by atoms with Crippen LogP contribution in [-0.4, -0.2) is 33.4 Å². The van der Waals surface area contributed by atoms with Crippen LogP contribution < -0.4 is 4.74 Å². The Bertz CT molecular complexity index is 830. The first-order valence-corrected chi connectivity index (χ1v) is 9.80. The predicted molar refractivity (Wildman–Crippen MR) is 103 cm³/mol. The van der Waals surface area contributed by atoms with E-state index in [0.717, 1.165) is 25.0 Å². The van der Waals surface area contributed by atoms with Crippen molar-refractivity contribution in [3.05, 3.63) is 29.1 Å². The molecule has 2 aromatic rings. The third-order valence-corrected chi connectivity index (χ3v) is 5.02. The Morgan fingerprint density at radius 3 is 2.75 bits per heavy atom. The van der Waals surface area contributed by atoms with Crippen LogP contribution in [0.4, 0.5) is 0 Å². The Balaban J connectivity index is 1.70. The van der Waals surface area contributed by atoms with E-state index in [1.807, 2.05) is 26.8 Å². The Labute approximate surface area is 165 Å². The van der Waals surface area contributed by atoms with E-state index in [0.29, 0.717) is 34.9 Å². The molecule has 0 saturated heterocycles. The fourth-order valence-corrected chi connectivity index (χ4v) is 3.55. The van der Waals surface area contributed by atoms with Gasteiger partial charge in [-0.05, 0) is 65.5 Å². The largest absolute Gasteiger partial charge is 0.489 e. The number of carbonyl (C=O) groups excluding carboxylic acids is 1. The number of carbonyl (C=O) groups is 1. The van der Waals surface area contributed by atoms with E-state index >= 15 is 0 Å². The topological polar surface area (TPSA) is 94.7 Å². The second-order valence-electron chi connectivity index (χ2n) is 7.60. The maximum absolute atomic E-state index is 12.2. The fraction of sp³-hybridized carbons (Fsp3) is 0.571. The van der Waals surface area contributed by atoms with Crippen molar-refractivity contribution in [3.8, 4) is 17.2 Å². The lowest BCUT2D eigenvalue weighted by Gasteiger charge is -2.29. The lowest BCUT2D eigenvalue weighted by Crippen LogP contribution is -2.31. The van der Waals surface area contributed by atoms with Gasteiger partial charge in [-0.15, -0.1) is 0 Å². The van der Waals surface area contributed by atoms with E-state index in [9.17, 15) is 9.90 Å². The average Bonchev–Trinajstić information content (AvgIpc) is 3.03. The molecule has 1 aliphatic rings. The molecular weight excluding hydrogens is 360 g/mol. The standard InChI is InChI=1S/C21H28N2O5/c1-12(2)26-21(25)15-6-5-7-16(10-15)27-19-9-8-18(22-14(19)4)20-17(11-24)13(3)23-28-20/h8-9,12,15-16,24H,5-7,10-11H2,1-4H3/t15-,16-/m0/s1. The molecule has 0 aliphatic heterocycles. The van der Waals surface area contributed by atoms with Crippen LogP contribution in [0.15, 0.2) is 16.7 Å². The Hall–Kier alpha value is -2.41. The number of pyridine rings is 1. The van der Waals surface area contributed by atoms with Crippen molar-refractivity contribution in [2.45, 2.75) is 72.2 Å². The first-order valence-electron chi connectivity index (χ1n) is 9.80. The molecule has 1 aliphatic carbocycles. The molecule has 1 saturated carbocycles. The summed E-state index contributed by atoms with van der Waals surface area (Å²) in [7, 11) is 0. The number of esters is 1. The summed E-state index contributed by atoms with van der Waals surface area (Å²) >= 11 is 0. The lowest BCUT2D eigenvalue weighted by atomic mass is 9.87. The first kappa shape index (κ1) is 20.3. The zero-order valence-corrected chi connectivity index (χ0v) is 16.9. The van der Waals surface area contributed by atoms with Crippen molar-refractivity contribution in [3.63, 3.8) is 0 Å². The molecule has 1 fully saturated rings. The number of aliphatic hydroxyl groups is 1. The summed E-state index contributed by atoms with van der Waals surface area (Å²) in [6.45, 7) is 7.23. The van der Waals surface area contributed by atoms with Crippen LogP contribution >= 0.6 is 0 Å². The van der Waals surface area contributed by atoms with Gasteiger partial charge in [-0.1, -0.05) is 5.16 Å². The number of nitrogens with zero attached hydrogens (tertiary/aromatic N) is 2. The highest BCUT2D eigenvalue weighted by molar-refractivity contribution is 5.72. The molecule has 3 rings (SSSR count). The van der Waals surface area contributed by atoms with Gasteiger partial charge in [-0.3, -0.25) is 4.79 Å². The number of ether oxygens (including phenoxy) is 2. The van der Waals surface area contributed by atoms with Crippen LogP contribution in [0, 0.1) is 19.8 Å². The minimum absolute atomic E-state index is 0.0367. The molecule has 0 aromatic carbocycles. The molecule has 2 aromatic heterocycles. The summed E-state index contributed by atoms with van der Waals surface area (Å²) in [6.07, 6.45) is 3.20. The smallest absolute Gasteiger partial charge is 0.309 e. The number of hydrogen-bond acceptors (Lipinski definition) is 7. The summed E-state index contributed by atoms with van der Waals surface area (Å²) in [5.41, 5.74) is 2.62. The highest BCUT2D eigenvalue weighted by atomic mass is 16.5. The van der Waals surface area contributed by atoms with Crippen LogP contribution in [0.5, 0.6) is 5.75 Å². The molecule has 28 heavy (non-hydrogen) atoms. The molecule has 0 amide bonds. The van der Waals surface area contributed by atoms with Crippen LogP contribution in [0.3, 0.4) is 0 Å². The SMILES string of the molecule is Cc1nc(-c2onc(C)c2CO)ccc1O[C@H]1CCC[C@H](C(=O)OC(C)C)C1. The van der Waals surface area contributed by atoms with Gasteiger partial charge in [0.05, 0.1) is 36.1 Å². The van der Waals surface area contributed by atoms with Crippen molar-refractivity contribution in [2.75, 3.05) is 0 Å². The highest BCUT2D eigenvalue weighted by Crippen LogP contribution is 2.32. The summed E-state index contributed by atoms with van der Waals surface area (Å²) in [4.78, 5) is 16.8. The zero-order valence-electron chi connectivity index (χ0n) is 16.9. The van der Waals surface area contributed by atoms with Crippen LogP contribution in [0.25, 0.3) is 11.5 Å². The molecule has 7 nitrogen and oxygen atoms in total. The van der Waals surface area contributed by atoms with Gasteiger partial charge in [-0.2, -0.15) is 0 Å². The number of hydrogen-bond donors (Lipinski definition) is 1. The molecule has 0 unspecified atom stereocenters. The van der Waals surface area contributed by atoms with Crippen LogP contribution in [0.2, 0.25) is 0 Å². The van der Waals surface area contributed by atoms with E-state index in [2.05, 4.69) is 10.1 Å². The molecule has 0 bridgehead atoms. The van der Waals surface area contributed by atoms with Gasteiger partial charge in [0.1, 0.15) is 11.4 Å². The molecule has 152 valence electrons. The minimum atomic E-state index is -0.153. The molecule has 0 radical (unpaired) electrons. The lowest BCUT2D eigenvalue weighted by molar-refractivity contribution is -0.154. The third kappa shape index (κ3) is 4.52. The summed E-state index contributed by atoms with van der Waals surface area (Å²) in [5.74, 6) is 0.918. The Kier molecular flexibility index (Phi) is 6.34. The summed E-state index contributed by atoms with van der Waals surface area (Å²) in [5, 5.41) is 13.4. The van der Waals surface area contributed by atoms with E-state index in [1.54, 1.807) is 13.0 Å². The van der Waals surface area contributed by atoms with Crippen LogP contribution in [0.1, 0.15) is 56.5 Å². The number of rotatable bonds is 6. The van der Waals surface area contributed by atoms with Crippen molar-refractivity contribution in [2.24, 2.45) is 5.92 Å².